The molecule has 0 fully saturated rings. The smallest absolute Gasteiger partial charge is 0.408 e. The Kier molecular flexibility index (Phi) is 6.02. The molecule has 0 aromatic heterocycles. The summed E-state index contributed by atoms with van der Waals surface area (Å²) in [5.74, 6) is -0.476. The number of nitrogens with one attached hydrogen (secondary N) is 1. The van der Waals surface area contributed by atoms with Crippen LogP contribution in [0.2, 0.25) is 0 Å². The SMILES string of the molecule is CC(C)(C)OC(=O)N[C@@H](CCOc1ccccc1)C(=O)O. The number of amides is 1. The monoisotopic (exact) mass is 295 g/mol. The highest BCUT2D eigenvalue weighted by atomic mass is 16.6. The summed E-state index contributed by atoms with van der Waals surface area (Å²) in [5.41, 5.74) is -0.673. The first-order chi connectivity index (χ1) is 9.78. The molecule has 0 heterocycles. The van der Waals surface area contributed by atoms with Crippen molar-refractivity contribution in [1.29, 1.82) is 0 Å². The summed E-state index contributed by atoms with van der Waals surface area (Å²) in [4.78, 5) is 22.7. The third-order valence-corrected chi connectivity index (χ3v) is 2.41. The molecule has 0 aliphatic rings. The number of rotatable bonds is 6. The van der Waals surface area contributed by atoms with Crippen LogP contribution < -0.4 is 10.1 Å². The Morgan fingerprint density at radius 1 is 1.24 bits per heavy atom. The Bertz CT molecular complexity index is 467. The van der Waals surface area contributed by atoms with E-state index in [4.69, 9.17) is 14.6 Å². The predicted molar refractivity (Wildman–Crippen MR) is 77.3 cm³/mol. The molecule has 0 radical (unpaired) electrons. The van der Waals surface area contributed by atoms with Gasteiger partial charge in [-0.15, -0.1) is 0 Å². The number of carbonyl (C=O) groups is 2. The van der Waals surface area contributed by atoms with Crippen LogP contribution in [-0.4, -0.2) is 35.4 Å². The number of hydrogen-bond acceptors (Lipinski definition) is 4. The first-order valence-electron chi connectivity index (χ1n) is 6.68. The first-order valence-corrected chi connectivity index (χ1v) is 6.68. The molecule has 1 aromatic carbocycles. The van der Waals surface area contributed by atoms with Crippen molar-refractivity contribution in [2.24, 2.45) is 0 Å². The maximum atomic E-state index is 11.6. The highest BCUT2D eigenvalue weighted by molar-refractivity contribution is 5.79. The van der Waals surface area contributed by atoms with E-state index in [0.29, 0.717) is 5.75 Å². The number of alkyl carbamates (subject to hydrolysis) is 1. The summed E-state index contributed by atoms with van der Waals surface area (Å²) in [6.45, 7) is 5.30. The van der Waals surface area contributed by atoms with Gasteiger partial charge in [-0.05, 0) is 32.9 Å². The van der Waals surface area contributed by atoms with E-state index in [-0.39, 0.29) is 13.0 Å². The highest BCUT2D eigenvalue weighted by Crippen LogP contribution is 2.10. The zero-order valence-electron chi connectivity index (χ0n) is 12.5. The van der Waals surface area contributed by atoms with Gasteiger partial charge in [0.15, 0.2) is 0 Å². The number of carbonyl (C=O) groups excluding carboxylic acids is 1. The first kappa shape index (κ1) is 16.8. The molecule has 2 N–H and O–H groups in total. The molecule has 116 valence electrons. The van der Waals surface area contributed by atoms with Crippen LogP contribution in [0.3, 0.4) is 0 Å². The predicted octanol–water partition coefficient (Wildman–Crippen LogP) is 2.43. The molecule has 0 unspecified atom stereocenters. The van der Waals surface area contributed by atoms with Crippen LogP contribution in [0, 0.1) is 0 Å². The standard InChI is InChI=1S/C15H21NO5/c1-15(2,3)21-14(19)16-12(13(17)18)9-10-20-11-7-5-4-6-8-11/h4-8,12H,9-10H2,1-3H3,(H,16,19)(H,17,18)/t12-/m0/s1. The topological polar surface area (TPSA) is 84.9 Å². The van der Waals surface area contributed by atoms with Crippen LogP contribution in [0.15, 0.2) is 30.3 Å². The van der Waals surface area contributed by atoms with Gasteiger partial charge in [-0.2, -0.15) is 0 Å². The molecule has 0 aliphatic carbocycles. The van der Waals surface area contributed by atoms with Crippen LogP contribution >= 0.6 is 0 Å². The quantitative estimate of drug-likeness (QED) is 0.842. The molecule has 0 aliphatic heterocycles. The minimum atomic E-state index is -1.13. The van der Waals surface area contributed by atoms with Crippen molar-refractivity contribution in [2.75, 3.05) is 6.61 Å². The fourth-order valence-corrected chi connectivity index (χ4v) is 1.52. The Balaban J connectivity index is 2.43. The van der Waals surface area contributed by atoms with Crippen LogP contribution in [-0.2, 0) is 9.53 Å². The lowest BCUT2D eigenvalue weighted by Gasteiger charge is -2.22. The van der Waals surface area contributed by atoms with Crippen molar-refractivity contribution in [1.82, 2.24) is 5.32 Å². The van der Waals surface area contributed by atoms with Crippen molar-refractivity contribution in [3.8, 4) is 5.75 Å². The third-order valence-electron chi connectivity index (χ3n) is 2.41. The number of para-hydroxylation sites is 1. The minimum Gasteiger partial charge on any atom is -0.494 e. The van der Waals surface area contributed by atoms with Gasteiger partial charge in [0.2, 0.25) is 0 Å². The number of hydrogen-bond donors (Lipinski definition) is 2. The Labute approximate surface area is 124 Å². The lowest BCUT2D eigenvalue weighted by Crippen LogP contribution is -2.44. The molecule has 6 nitrogen and oxygen atoms in total. The molecular formula is C15H21NO5. The summed E-state index contributed by atoms with van der Waals surface area (Å²) in [6.07, 6.45) is -0.613. The van der Waals surface area contributed by atoms with Crippen LogP contribution in [0.1, 0.15) is 27.2 Å². The molecule has 1 aromatic rings. The van der Waals surface area contributed by atoms with Gasteiger partial charge in [0.25, 0.3) is 0 Å². The molecule has 1 atom stereocenters. The molecule has 0 spiro atoms. The van der Waals surface area contributed by atoms with Gasteiger partial charge in [-0.1, -0.05) is 18.2 Å². The summed E-state index contributed by atoms with van der Waals surface area (Å²) in [7, 11) is 0. The van der Waals surface area contributed by atoms with Crippen LogP contribution in [0.5, 0.6) is 5.75 Å². The normalized spacial score (nSPS) is 12.3. The molecule has 21 heavy (non-hydrogen) atoms. The van der Waals surface area contributed by atoms with E-state index in [2.05, 4.69) is 5.32 Å². The Hall–Kier alpha value is -2.24. The second-order valence-electron chi connectivity index (χ2n) is 5.49. The number of carboxylic acid groups (broad SMARTS) is 1. The molecular weight excluding hydrogens is 274 g/mol. The largest absolute Gasteiger partial charge is 0.494 e. The van der Waals surface area contributed by atoms with E-state index in [1.165, 1.54) is 0 Å². The summed E-state index contributed by atoms with van der Waals surface area (Å²) >= 11 is 0. The van der Waals surface area contributed by atoms with Gasteiger partial charge >= 0.3 is 12.1 Å². The van der Waals surface area contributed by atoms with Crippen molar-refractivity contribution < 1.29 is 24.2 Å². The number of carboxylic acids is 1. The maximum Gasteiger partial charge on any atom is 0.408 e. The Morgan fingerprint density at radius 2 is 1.86 bits per heavy atom. The molecule has 0 bridgehead atoms. The lowest BCUT2D eigenvalue weighted by atomic mass is 10.2. The van der Waals surface area contributed by atoms with Crippen LogP contribution in [0.4, 0.5) is 4.79 Å². The molecule has 1 rings (SSSR count). The molecule has 1 amide bonds. The van der Waals surface area contributed by atoms with Crippen molar-refractivity contribution >= 4 is 12.1 Å². The fourth-order valence-electron chi connectivity index (χ4n) is 1.52. The van der Waals surface area contributed by atoms with Crippen molar-refractivity contribution in [3.05, 3.63) is 30.3 Å². The average molecular weight is 295 g/mol. The van der Waals surface area contributed by atoms with Gasteiger partial charge in [0.05, 0.1) is 6.61 Å². The molecule has 0 saturated carbocycles. The van der Waals surface area contributed by atoms with Crippen molar-refractivity contribution in [2.45, 2.75) is 38.8 Å². The van der Waals surface area contributed by atoms with Gasteiger partial charge in [-0.25, -0.2) is 9.59 Å². The minimum absolute atomic E-state index is 0.142. The zero-order valence-corrected chi connectivity index (χ0v) is 12.5. The second kappa shape index (κ2) is 7.52. The zero-order chi connectivity index (χ0) is 15.9. The number of benzene rings is 1. The van der Waals surface area contributed by atoms with Gasteiger partial charge in [0.1, 0.15) is 17.4 Å². The Morgan fingerprint density at radius 3 is 2.38 bits per heavy atom. The molecule has 6 heteroatoms. The van der Waals surface area contributed by atoms with Gasteiger partial charge in [0, 0.05) is 6.42 Å². The summed E-state index contributed by atoms with van der Waals surface area (Å²) in [6, 6.07) is 8.00. The summed E-state index contributed by atoms with van der Waals surface area (Å²) in [5, 5.41) is 11.4. The second-order valence-corrected chi connectivity index (χ2v) is 5.49. The third kappa shape index (κ3) is 7.20. The van der Waals surface area contributed by atoms with Crippen LogP contribution in [0.25, 0.3) is 0 Å². The van der Waals surface area contributed by atoms with E-state index >= 15 is 0 Å². The van der Waals surface area contributed by atoms with Gasteiger partial charge < -0.3 is 19.9 Å². The maximum absolute atomic E-state index is 11.6. The fraction of sp³-hybridized carbons (Fsp3) is 0.467. The van der Waals surface area contributed by atoms with Gasteiger partial charge in [-0.3, -0.25) is 0 Å². The van der Waals surface area contributed by atoms with E-state index in [1.807, 2.05) is 18.2 Å². The lowest BCUT2D eigenvalue weighted by molar-refractivity contribution is -0.139. The number of ether oxygens (including phenoxy) is 2. The van der Waals surface area contributed by atoms with E-state index < -0.39 is 23.7 Å². The van der Waals surface area contributed by atoms with E-state index in [1.54, 1.807) is 32.9 Å². The molecule has 0 saturated heterocycles. The summed E-state index contributed by atoms with van der Waals surface area (Å²) < 4.78 is 10.4. The van der Waals surface area contributed by atoms with Crippen molar-refractivity contribution in [3.63, 3.8) is 0 Å². The van der Waals surface area contributed by atoms with E-state index in [9.17, 15) is 9.59 Å². The number of aliphatic carboxylic acids is 1. The highest BCUT2D eigenvalue weighted by Gasteiger charge is 2.23. The average Bonchev–Trinajstić information content (AvgIpc) is 2.36. The van der Waals surface area contributed by atoms with E-state index in [0.717, 1.165) is 0 Å².